The Kier molecular flexibility index (Phi) is 4.74. The monoisotopic (exact) mass is 415 g/mol. The van der Waals surface area contributed by atoms with E-state index in [0.29, 0.717) is 8.95 Å². The van der Waals surface area contributed by atoms with Crippen molar-refractivity contribution in [3.05, 3.63) is 62.3 Å². The predicted octanol–water partition coefficient (Wildman–Crippen LogP) is 4.30. The van der Waals surface area contributed by atoms with E-state index in [4.69, 9.17) is 5.11 Å². The number of carboxylic acids is 1. The molecule has 2 aromatic rings. The van der Waals surface area contributed by atoms with Crippen LogP contribution in [0.2, 0.25) is 0 Å². The summed E-state index contributed by atoms with van der Waals surface area (Å²) in [6.45, 7) is 0. The summed E-state index contributed by atoms with van der Waals surface area (Å²) >= 11 is 6.27. The molecule has 2 rings (SSSR count). The summed E-state index contributed by atoms with van der Waals surface area (Å²) in [4.78, 5) is 23.1. The first-order valence-corrected chi connectivity index (χ1v) is 7.26. The van der Waals surface area contributed by atoms with E-state index in [2.05, 4.69) is 37.2 Å². The lowest BCUT2D eigenvalue weighted by Crippen LogP contribution is -2.15. The molecule has 108 valence electrons. The van der Waals surface area contributed by atoms with Gasteiger partial charge >= 0.3 is 5.97 Å². The first-order chi connectivity index (χ1) is 9.88. The van der Waals surface area contributed by atoms with Crippen LogP contribution >= 0.6 is 31.9 Å². The molecule has 0 radical (unpaired) electrons. The molecule has 2 N–H and O–H groups in total. The van der Waals surface area contributed by atoms with E-state index >= 15 is 0 Å². The minimum Gasteiger partial charge on any atom is -0.478 e. The number of halogens is 3. The fourth-order valence-electron chi connectivity index (χ4n) is 1.69. The largest absolute Gasteiger partial charge is 0.478 e. The molecule has 0 saturated heterocycles. The Morgan fingerprint density at radius 3 is 2.48 bits per heavy atom. The van der Waals surface area contributed by atoms with E-state index in [1.807, 2.05) is 0 Å². The standard InChI is InChI=1S/C14H8Br2FNO3/c15-8-4-7(14(20)21)5-9(6-8)18-13(19)12-10(16)2-1-3-11(12)17/h1-6H,(H,18,19)(H,20,21). The Bertz CT molecular complexity index is 714. The Balaban J connectivity index is 2.34. The highest BCUT2D eigenvalue weighted by atomic mass is 79.9. The van der Waals surface area contributed by atoms with Crippen molar-refractivity contribution in [1.29, 1.82) is 0 Å². The van der Waals surface area contributed by atoms with Crippen molar-refractivity contribution >= 4 is 49.4 Å². The summed E-state index contributed by atoms with van der Waals surface area (Å²) in [6.07, 6.45) is 0. The van der Waals surface area contributed by atoms with Gasteiger partial charge in [-0.25, -0.2) is 9.18 Å². The van der Waals surface area contributed by atoms with Gasteiger partial charge in [-0.1, -0.05) is 22.0 Å². The SMILES string of the molecule is O=C(O)c1cc(Br)cc(NC(=O)c2c(F)cccc2Br)c1. The van der Waals surface area contributed by atoms with Crippen LogP contribution in [0.15, 0.2) is 45.3 Å². The van der Waals surface area contributed by atoms with Gasteiger partial charge in [-0.2, -0.15) is 0 Å². The lowest BCUT2D eigenvalue weighted by Gasteiger charge is -2.09. The summed E-state index contributed by atoms with van der Waals surface area (Å²) < 4.78 is 14.5. The van der Waals surface area contributed by atoms with Crippen molar-refractivity contribution in [2.24, 2.45) is 0 Å². The molecule has 0 fully saturated rings. The van der Waals surface area contributed by atoms with Gasteiger partial charge in [0, 0.05) is 14.6 Å². The van der Waals surface area contributed by atoms with Crippen molar-refractivity contribution < 1.29 is 19.1 Å². The van der Waals surface area contributed by atoms with E-state index in [0.717, 1.165) is 0 Å². The maximum Gasteiger partial charge on any atom is 0.335 e. The maximum absolute atomic E-state index is 13.7. The highest BCUT2D eigenvalue weighted by Crippen LogP contribution is 2.23. The number of aromatic carboxylic acids is 1. The molecule has 0 unspecified atom stereocenters. The Morgan fingerprint density at radius 2 is 1.86 bits per heavy atom. The summed E-state index contributed by atoms with van der Waals surface area (Å²) in [5.74, 6) is -2.47. The Labute approximate surface area is 136 Å². The minimum absolute atomic E-state index is 0.00674. The van der Waals surface area contributed by atoms with E-state index in [-0.39, 0.29) is 16.8 Å². The molecule has 1 amide bonds. The second-order valence-electron chi connectivity index (χ2n) is 4.08. The average molecular weight is 417 g/mol. The topological polar surface area (TPSA) is 66.4 Å². The molecular weight excluding hydrogens is 409 g/mol. The number of nitrogens with one attached hydrogen (secondary N) is 1. The van der Waals surface area contributed by atoms with Crippen LogP contribution in [-0.4, -0.2) is 17.0 Å². The van der Waals surface area contributed by atoms with E-state index < -0.39 is 17.7 Å². The third-order valence-electron chi connectivity index (χ3n) is 2.59. The van der Waals surface area contributed by atoms with Crippen LogP contribution in [0.4, 0.5) is 10.1 Å². The number of hydrogen-bond donors (Lipinski definition) is 2. The smallest absolute Gasteiger partial charge is 0.335 e. The zero-order chi connectivity index (χ0) is 15.6. The van der Waals surface area contributed by atoms with Crippen LogP contribution in [0, 0.1) is 5.82 Å². The van der Waals surface area contributed by atoms with E-state index in [1.165, 1.54) is 30.3 Å². The molecule has 0 aliphatic carbocycles. The van der Waals surface area contributed by atoms with Crippen molar-refractivity contribution in [3.8, 4) is 0 Å². The first kappa shape index (κ1) is 15.7. The van der Waals surface area contributed by atoms with Crippen LogP contribution in [0.5, 0.6) is 0 Å². The summed E-state index contributed by atoms with van der Waals surface area (Å²) in [5.41, 5.74) is 0.114. The third kappa shape index (κ3) is 3.68. The number of hydrogen-bond acceptors (Lipinski definition) is 2. The summed E-state index contributed by atoms with van der Waals surface area (Å²) in [7, 11) is 0. The number of anilines is 1. The average Bonchev–Trinajstić information content (AvgIpc) is 2.37. The summed E-state index contributed by atoms with van der Waals surface area (Å²) in [6, 6.07) is 8.40. The molecule has 0 heterocycles. The number of rotatable bonds is 3. The number of benzene rings is 2. The molecule has 0 spiro atoms. The highest BCUT2D eigenvalue weighted by molar-refractivity contribution is 9.10. The first-order valence-electron chi connectivity index (χ1n) is 5.67. The second kappa shape index (κ2) is 6.36. The van der Waals surface area contributed by atoms with Crippen LogP contribution in [-0.2, 0) is 0 Å². The van der Waals surface area contributed by atoms with Crippen molar-refractivity contribution in [3.63, 3.8) is 0 Å². The number of carbonyl (C=O) groups is 2. The van der Waals surface area contributed by atoms with Gasteiger partial charge in [-0.05, 0) is 46.3 Å². The molecule has 0 atom stereocenters. The van der Waals surface area contributed by atoms with Crippen LogP contribution in [0.3, 0.4) is 0 Å². The van der Waals surface area contributed by atoms with Crippen molar-refractivity contribution in [2.45, 2.75) is 0 Å². The van der Waals surface area contributed by atoms with Gasteiger partial charge in [-0.3, -0.25) is 4.79 Å². The zero-order valence-electron chi connectivity index (χ0n) is 10.4. The molecule has 0 aliphatic rings. The Morgan fingerprint density at radius 1 is 1.14 bits per heavy atom. The molecule has 0 aromatic heterocycles. The number of carbonyl (C=O) groups excluding carboxylic acids is 1. The van der Waals surface area contributed by atoms with Crippen LogP contribution in [0.25, 0.3) is 0 Å². The van der Waals surface area contributed by atoms with Gasteiger partial charge in [0.15, 0.2) is 0 Å². The van der Waals surface area contributed by atoms with Gasteiger partial charge in [0.2, 0.25) is 0 Å². The number of amides is 1. The Hall–Kier alpha value is -1.73. The van der Waals surface area contributed by atoms with Crippen LogP contribution < -0.4 is 5.32 Å². The third-order valence-corrected chi connectivity index (χ3v) is 3.71. The van der Waals surface area contributed by atoms with Crippen molar-refractivity contribution in [2.75, 3.05) is 5.32 Å². The molecule has 4 nitrogen and oxygen atoms in total. The lowest BCUT2D eigenvalue weighted by atomic mass is 10.1. The fourth-order valence-corrected chi connectivity index (χ4v) is 2.71. The minimum atomic E-state index is -1.13. The van der Waals surface area contributed by atoms with E-state index in [1.54, 1.807) is 6.07 Å². The molecule has 2 aromatic carbocycles. The second-order valence-corrected chi connectivity index (χ2v) is 5.85. The fraction of sp³-hybridized carbons (Fsp3) is 0. The maximum atomic E-state index is 13.7. The van der Waals surface area contributed by atoms with E-state index in [9.17, 15) is 14.0 Å². The van der Waals surface area contributed by atoms with Crippen LogP contribution in [0.1, 0.15) is 20.7 Å². The molecule has 0 bridgehead atoms. The van der Waals surface area contributed by atoms with Gasteiger partial charge in [-0.15, -0.1) is 0 Å². The quantitative estimate of drug-likeness (QED) is 0.783. The molecule has 0 saturated carbocycles. The van der Waals surface area contributed by atoms with Crippen molar-refractivity contribution in [1.82, 2.24) is 0 Å². The predicted molar refractivity (Wildman–Crippen MR) is 83.2 cm³/mol. The molecule has 0 aliphatic heterocycles. The molecule has 21 heavy (non-hydrogen) atoms. The van der Waals surface area contributed by atoms with Gasteiger partial charge < -0.3 is 10.4 Å². The lowest BCUT2D eigenvalue weighted by molar-refractivity contribution is 0.0696. The summed E-state index contributed by atoms with van der Waals surface area (Å²) in [5, 5.41) is 11.4. The number of carboxylic acid groups (broad SMARTS) is 1. The van der Waals surface area contributed by atoms with Gasteiger partial charge in [0.05, 0.1) is 11.1 Å². The molecular formula is C14H8Br2FNO3. The van der Waals surface area contributed by atoms with Gasteiger partial charge in [0.25, 0.3) is 5.91 Å². The normalized spacial score (nSPS) is 10.2. The van der Waals surface area contributed by atoms with Gasteiger partial charge in [0.1, 0.15) is 5.82 Å². The molecule has 7 heteroatoms. The highest BCUT2D eigenvalue weighted by Gasteiger charge is 2.16. The zero-order valence-corrected chi connectivity index (χ0v) is 13.5.